The summed E-state index contributed by atoms with van der Waals surface area (Å²) in [7, 11) is 6.86. The van der Waals surface area contributed by atoms with E-state index in [9.17, 15) is 4.79 Å². The molecule has 0 heterocycles. The highest BCUT2D eigenvalue weighted by Crippen LogP contribution is 2.11. The lowest BCUT2D eigenvalue weighted by molar-refractivity contribution is -0.870. The van der Waals surface area contributed by atoms with Crippen molar-refractivity contribution >= 4 is 5.97 Å². The molecule has 1 atom stereocenters. The van der Waals surface area contributed by atoms with E-state index in [-0.39, 0.29) is 0 Å². The fourth-order valence-electron chi connectivity index (χ4n) is 2.71. The van der Waals surface area contributed by atoms with Crippen molar-refractivity contribution in [2.45, 2.75) is 96.4 Å². The van der Waals surface area contributed by atoms with E-state index in [1.54, 1.807) is 0 Å². The highest BCUT2D eigenvalue weighted by Gasteiger charge is 2.09. The zero-order valence-electron chi connectivity index (χ0n) is 18.1. The molecule has 0 radical (unpaired) electrons. The minimum absolute atomic E-state index is 0.520. The molecule has 0 saturated heterocycles. The van der Waals surface area contributed by atoms with Crippen LogP contribution in [-0.2, 0) is 4.79 Å². The van der Waals surface area contributed by atoms with E-state index < -0.39 is 12.0 Å². The lowest BCUT2D eigenvalue weighted by Gasteiger charge is -2.23. The maximum absolute atomic E-state index is 10.1. The van der Waals surface area contributed by atoms with Gasteiger partial charge in [0.1, 0.15) is 6.04 Å². The SMILES string of the molecule is CCCCCCCCCCCC[N+](C)(C)C.NCCCC[C@H](N)C(=O)O. The molecular weight excluding hydrogens is 326 g/mol. The molecule has 5 heteroatoms. The summed E-state index contributed by atoms with van der Waals surface area (Å²) in [5.41, 5.74) is 10.4. The summed E-state index contributed by atoms with van der Waals surface area (Å²) in [4.78, 5) is 10.1. The van der Waals surface area contributed by atoms with Crippen molar-refractivity contribution in [3.05, 3.63) is 0 Å². The molecule has 158 valence electrons. The van der Waals surface area contributed by atoms with Crippen LogP contribution in [0.25, 0.3) is 0 Å². The van der Waals surface area contributed by atoms with Crippen LogP contribution in [0.5, 0.6) is 0 Å². The first-order valence-corrected chi connectivity index (χ1v) is 10.7. The lowest BCUT2D eigenvalue weighted by Crippen LogP contribution is -2.35. The summed E-state index contributed by atoms with van der Waals surface area (Å²) >= 11 is 0. The number of quaternary nitrogens is 1. The monoisotopic (exact) mass is 374 g/mol. The molecular formula is C21H48N3O2+. The first-order valence-electron chi connectivity index (χ1n) is 10.7. The Morgan fingerprint density at radius 3 is 1.69 bits per heavy atom. The summed E-state index contributed by atoms with van der Waals surface area (Å²) in [6.45, 7) is 4.22. The zero-order chi connectivity index (χ0) is 20.3. The van der Waals surface area contributed by atoms with Gasteiger partial charge in [-0.2, -0.15) is 0 Å². The zero-order valence-corrected chi connectivity index (χ0v) is 18.1. The van der Waals surface area contributed by atoms with Gasteiger partial charge in [0.05, 0.1) is 27.7 Å². The van der Waals surface area contributed by atoms with Crippen LogP contribution in [-0.4, -0.2) is 55.8 Å². The average molecular weight is 375 g/mol. The molecule has 0 aromatic heterocycles. The number of carboxylic acid groups (broad SMARTS) is 1. The maximum atomic E-state index is 10.1. The van der Waals surface area contributed by atoms with Gasteiger partial charge in [0, 0.05) is 0 Å². The highest BCUT2D eigenvalue weighted by atomic mass is 16.4. The van der Waals surface area contributed by atoms with Crippen molar-refractivity contribution in [1.29, 1.82) is 0 Å². The van der Waals surface area contributed by atoms with Crippen LogP contribution in [0, 0.1) is 0 Å². The van der Waals surface area contributed by atoms with Gasteiger partial charge < -0.3 is 21.1 Å². The minimum Gasteiger partial charge on any atom is -0.480 e. The molecule has 5 nitrogen and oxygen atoms in total. The second-order valence-electron chi connectivity index (χ2n) is 8.43. The molecule has 0 saturated carbocycles. The van der Waals surface area contributed by atoms with Gasteiger partial charge in [0.25, 0.3) is 0 Å². The molecule has 0 aliphatic heterocycles. The van der Waals surface area contributed by atoms with Crippen LogP contribution in [0.15, 0.2) is 0 Å². The number of hydrogen-bond donors (Lipinski definition) is 3. The third kappa shape index (κ3) is 25.6. The van der Waals surface area contributed by atoms with E-state index >= 15 is 0 Å². The first-order chi connectivity index (χ1) is 12.2. The molecule has 26 heavy (non-hydrogen) atoms. The van der Waals surface area contributed by atoms with Gasteiger partial charge in [-0.05, 0) is 32.2 Å². The van der Waals surface area contributed by atoms with E-state index in [2.05, 4.69) is 28.1 Å². The minimum atomic E-state index is -0.933. The normalized spacial score (nSPS) is 12.4. The molecule has 0 aliphatic carbocycles. The predicted molar refractivity (Wildman–Crippen MR) is 113 cm³/mol. The van der Waals surface area contributed by atoms with Crippen molar-refractivity contribution in [2.75, 3.05) is 34.2 Å². The number of hydrogen-bond acceptors (Lipinski definition) is 3. The van der Waals surface area contributed by atoms with Gasteiger partial charge in [-0.15, -0.1) is 0 Å². The Balaban J connectivity index is 0. The Kier molecular flexibility index (Phi) is 20.3. The molecule has 0 aromatic carbocycles. The number of rotatable bonds is 16. The van der Waals surface area contributed by atoms with Gasteiger partial charge in [-0.25, -0.2) is 0 Å². The van der Waals surface area contributed by atoms with Crippen LogP contribution < -0.4 is 11.5 Å². The molecule has 0 aromatic rings. The first kappa shape index (κ1) is 27.6. The molecule has 0 fully saturated rings. The Morgan fingerprint density at radius 1 is 0.846 bits per heavy atom. The molecule has 0 rings (SSSR count). The van der Waals surface area contributed by atoms with Crippen molar-refractivity contribution < 1.29 is 14.4 Å². The van der Waals surface area contributed by atoms with Crippen molar-refractivity contribution in [3.63, 3.8) is 0 Å². The fourth-order valence-corrected chi connectivity index (χ4v) is 2.71. The Labute approximate surface area is 163 Å². The maximum Gasteiger partial charge on any atom is 0.320 e. The van der Waals surface area contributed by atoms with Crippen LogP contribution in [0.2, 0.25) is 0 Å². The van der Waals surface area contributed by atoms with Crippen LogP contribution in [0.1, 0.15) is 90.4 Å². The predicted octanol–water partition coefficient (Wildman–Crippen LogP) is 4.14. The summed E-state index contributed by atoms with van der Waals surface area (Å²) in [6.07, 6.45) is 16.6. The summed E-state index contributed by atoms with van der Waals surface area (Å²) < 4.78 is 1.12. The van der Waals surface area contributed by atoms with Gasteiger partial charge in [-0.3, -0.25) is 4.79 Å². The second-order valence-corrected chi connectivity index (χ2v) is 8.43. The summed E-state index contributed by atoms with van der Waals surface area (Å²) in [6, 6.07) is -0.716. The quantitative estimate of drug-likeness (QED) is 0.280. The number of aliphatic carboxylic acids is 1. The highest BCUT2D eigenvalue weighted by molar-refractivity contribution is 5.72. The van der Waals surface area contributed by atoms with E-state index in [1.165, 1.54) is 70.8 Å². The van der Waals surface area contributed by atoms with Gasteiger partial charge in [0.2, 0.25) is 0 Å². The number of unbranched alkanes of at least 4 members (excludes halogenated alkanes) is 10. The largest absolute Gasteiger partial charge is 0.480 e. The van der Waals surface area contributed by atoms with Crippen molar-refractivity contribution in [2.24, 2.45) is 11.5 Å². The average Bonchev–Trinajstić information content (AvgIpc) is 2.56. The van der Waals surface area contributed by atoms with E-state index in [0.29, 0.717) is 13.0 Å². The third-order valence-electron chi connectivity index (χ3n) is 4.47. The number of carboxylic acids is 1. The third-order valence-corrected chi connectivity index (χ3v) is 4.47. The standard InChI is InChI=1S/C15H34N.C6H14N2O2/c1-5-6-7-8-9-10-11-12-13-14-15-16(2,3)4;7-4-2-1-3-5(8)6(9)10/h5-15H2,1-4H3;5H,1-4,7-8H2,(H,9,10)/q+1;/t;5-/m.0/s1. The molecule has 0 spiro atoms. The van der Waals surface area contributed by atoms with E-state index in [4.69, 9.17) is 16.6 Å². The summed E-state index contributed by atoms with van der Waals surface area (Å²) in [5.74, 6) is -0.933. The van der Waals surface area contributed by atoms with Crippen LogP contribution in [0.4, 0.5) is 0 Å². The van der Waals surface area contributed by atoms with Crippen molar-refractivity contribution in [1.82, 2.24) is 0 Å². The molecule has 0 bridgehead atoms. The van der Waals surface area contributed by atoms with Crippen LogP contribution in [0.3, 0.4) is 0 Å². The summed E-state index contributed by atoms with van der Waals surface area (Å²) in [5, 5.41) is 8.33. The van der Waals surface area contributed by atoms with E-state index in [0.717, 1.165) is 17.3 Å². The molecule has 0 aliphatic rings. The Bertz CT molecular complexity index is 304. The number of nitrogens with two attached hydrogens (primary N) is 2. The number of carbonyl (C=O) groups is 1. The molecule has 5 N–H and O–H groups in total. The van der Waals surface area contributed by atoms with Crippen LogP contribution >= 0.6 is 0 Å². The topological polar surface area (TPSA) is 89.3 Å². The van der Waals surface area contributed by atoms with Crippen molar-refractivity contribution in [3.8, 4) is 0 Å². The second kappa shape index (κ2) is 19.1. The van der Waals surface area contributed by atoms with Gasteiger partial charge in [0.15, 0.2) is 0 Å². The molecule has 0 amide bonds. The smallest absolute Gasteiger partial charge is 0.320 e. The Morgan fingerprint density at radius 2 is 1.31 bits per heavy atom. The number of nitrogens with zero attached hydrogens (tertiary/aromatic N) is 1. The van der Waals surface area contributed by atoms with Gasteiger partial charge in [-0.1, -0.05) is 64.7 Å². The fraction of sp³-hybridized carbons (Fsp3) is 0.952. The Hall–Kier alpha value is -0.650. The van der Waals surface area contributed by atoms with E-state index in [1.807, 2.05) is 0 Å². The lowest BCUT2D eigenvalue weighted by atomic mass is 10.1. The molecule has 0 unspecified atom stereocenters. The van der Waals surface area contributed by atoms with Gasteiger partial charge >= 0.3 is 5.97 Å².